The van der Waals surface area contributed by atoms with Crippen molar-refractivity contribution in [1.29, 1.82) is 0 Å². The highest BCUT2D eigenvalue weighted by Crippen LogP contribution is 2.19. The zero-order valence-corrected chi connectivity index (χ0v) is 9.89. The number of hydrogen-bond acceptors (Lipinski definition) is 5. The number of carbonyl (C=O) groups excluding carboxylic acids is 1. The van der Waals surface area contributed by atoms with Crippen molar-refractivity contribution in [2.75, 3.05) is 12.4 Å². The number of nitrogens with zero attached hydrogens (tertiary/aromatic N) is 1. The fraction of sp³-hybridized carbons (Fsp3) is 0.364. The Hall–Kier alpha value is -2.11. The minimum absolute atomic E-state index is 0.00595. The van der Waals surface area contributed by atoms with Gasteiger partial charge in [0.15, 0.2) is 0 Å². The van der Waals surface area contributed by atoms with Crippen LogP contribution in [0.5, 0.6) is 0 Å². The zero-order valence-electron chi connectivity index (χ0n) is 9.89. The lowest BCUT2D eigenvalue weighted by molar-refractivity contribution is -0.384. The van der Waals surface area contributed by atoms with Crippen LogP contribution in [0, 0.1) is 10.1 Å². The van der Waals surface area contributed by atoms with Crippen molar-refractivity contribution in [3.05, 3.63) is 34.4 Å². The van der Waals surface area contributed by atoms with Gasteiger partial charge >= 0.3 is 5.97 Å². The average molecular weight is 238 g/mol. The smallest absolute Gasteiger partial charge is 0.330 e. The van der Waals surface area contributed by atoms with Gasteiger partial charge in [-0.1, -0.05) is 0 Å². The summed E-state index contributed by atoms with van der Waals surface area (Å²) in [6.07, 6.45) is 0. The number of rotatable bonds is 4. The molecule has 0 radical (unpaired) electrons. The first-order valence-electron chi connectivity index (χ1n) is 4.98. The van der Waals surface area contributed by atoms with E-state index in [9.17, 15) is 14.9 Å². The molecule has 1 aromatic carbocycles. The number of benzene rings is 1. The van der Waals surface area contributed by atoms with E-state index in [1.165, 1.54) is 19.2 Å². The number of methoxy groups -OCH3 is 1. The molecule has 0 atom stereocenters. The SMILES string of the molecule is COC(=O)C(C)(C)Nc1ccc([N+](=O)[O-])cc1. The lowest BCUT2D eigenvalue weighted by Crippen LogP contribution is -2.41. The molecule has 0 aliphatic carbocycles. The Morgan fingerprint density at radius 2 is 1.88 bits per heavy atom. The Bertz CT molecular complexity index is 426. The Labute approximate surface area is 98.7 Å². The van der Waals surface area contributed by atoms with E-state index in [4.69, 9.17) is 0 Å². The number of hydrogen-bond donors (Lipinski definition) is 1. The molecule has 1 N–H and O–H groups in total. The first-order chi connectivity index (χ1) is 7.86. The van der Waals surface area contributed by atoms with Crippen LogP contribution >= 0.6 is 0 Å². The summed E-state index contributed by atoms with van der Waals surface area (Å²) in [6.45, 7) is 3.33. The summed E-state index contributed by atoms with van der Waals surface area (Å²) in [4.78, 5) is 21.4. The normalized spacial score (nSPS) is 10.8. The summed E-state index contributed by atoms with van der Waals surface area (Å²) >= 11 is 0. The van der Waals surface area contributed by atoms with Gasteiger partial charge in [0.25, 0.3) is 5.69 Å². The van der Waals surface area contributed by atoms with Crippen LogP contribution in [0.3, 0.4) is 0 Å². The molecule has 0 spiro atoms. The number of ether oxygens (including phenoxy) is 1. The van der Waals surface area contributed by atoms with Gasteiger partial charge in [-0.3, -0.25) is 10.1 Å². The van der Waals surface area contributed by atoms with Crippen molar-refractivity contribution in [3.8, 4) is 0 Å². The molecule has 6 nitrogen and oxygen atoms in total. The number of carbonyl (C=O) groups is 1. The highest BCUT2D eigenvalue weighted by Gasteiger charge is 2.28. The minimum atomic E-state index is -0.884. The second-order valence-electron chi connectivity index (χ2n) is 4.05. The maximum Gasteiger partial charge on any atom is 0.330 e. The molecule has 0 saturated heterocycles. The van der Waals surface area contributed by atoms with Crippen molar-refractivity contribution >= 4 is 17.3 Å². The number of nitrogens with one attached hydrogen (secondary N) is 1. The summed E-state index contributed by atoms with van der Waals surface area (Å²) in [5, 5.41) is 13.4. The van der Waals surface area contributed by atoms with Gasteiger partial charge in [-0.25, -0.2) is 4.79 Å². The third-order valence-electron chi connectivity index (χ3n) is 2.23. The molecule has 0 aliphatic rings. The molecule has 0 heterocycles. The van der Waals surface area contributed by atoms with Gasteiger partial charge in [0.1, 0.15) is 5.54 Å². The Balaban J connectivity index is 2.82. The van der Waals surface area contributed by atoms with E-state index in [0.29, 0.717) is 5.69 Å². The molecule has 0 saturated carbocycles. The van der Waals surface area contributed by atoms with Gasteiger partial charge in [-0.15, -0.1) is 0 Å². The molecule has 0 amide bonds. The predicted octanol–water partition coefficient (Wildman–Crippen LogP) is 1.96. The van der Waals surface area contributed by atoms with E-state index in [1.54, 1.807) is 26.0 Å². The van der Waals surface area contributed by atoms with Crippen molar-refractivity contribution in [2.24, 2.45) is 0 Å². The highest BCUT2D eigenvalue weighted by atomic mass is 16.6. The Morgan fingerprint density at radius 3 is 2.29 bits per heavy atom. The Morgan fingerprint density at radius 1 is 1.35 bits per heavy atom. The van der Waals surface area contributed by atoms with E-state index in [2.05, 4.69) is 10.1 Å². The van der Waals surface area contributed by atoms with Crippen LogP contribution in [0.4, 0.5) is 11.4 Å². The molecule has 1 rings (SSSR count). The van der Waals surface area contributed by atoms with Gasteiger partial charge in [-0.2, -0.15) is 0 Å². The molecule has 17 heavy (non-hydrogen) atoms. The fourth-order valence-corrected chi connectivity index (χ4v) is 1.33. The van der Waals surface area contributed by atoms with Gasteiger partial charge in [0, 0.05) is 17.8 Å². The number of non-ortho nitro benzene ring substituents is 1. The molecule has 0 unspecified atom stereocenters. The molecule has 92 valence electrons. The van der Waals surface area contributed by atoms with Crippen molar-refractivity contribution in [3.63, 3.8) is 0 Å². The minimum Gasteiger partial charge on any atom is -0.467 e. The second-order valence-corrected chi connectivity index (χ2v) is 4.05. The van der Waals surface area contributed by atoms with Crippen LogP contribution in [0.15, 0.2) is 24.3 Å². The van der Waals surface area contributed by atoms with Crippen molar-refractivity contribution in [2.45, 2.75) is 19.4 Å². The standard InChI is InChI=1S/C11H14N2O4/c1-11(2,10(14)17-3)12-8-4-6-9(7-5-8)13(15)16/h4-7,12H,1-3H3. The first kappa shape index (κ1) is 13.0. The maximum absolute atomic E-state index is 11.4. The summed E-state index contributed by atoms with van der Waals surface area (Å²) in [5.74, 6) is -0.407. The molecule has 0 aliphatic heterocycles. The zero-order chi connectivity index (χ0) is 13.1. The molecule has 1 aromatic rings. The third-order valence-corrected chi connectivity index (χ3v) is 2.23. The summed E-state index contributed by atoms with van der Waals surface area (Å²) in [6, 6.07) is 5.83. The second kappa shape index (κ2) is 4.82. The molecule has 6 heteroatoms. The molecule has 0 fully saturated rings. The molecule has 0 aromatic heterocycles. The summed E-state index contributed by atoms with van der Waals surface area (Å²) < 4.78 is 4.64. The van der Waals surface area contributed by atoms with Crippen molar-refractivity contribution in [1.82, 2.24) is 0 Å². The monoisotopic (exact) mass is 238 g/mol. The molecular weight excluding hydrogens is 224 g/mol. The van der Waals surface area contributed by atoms with Crippen LogP contribution in [0.25, 0.3) is 0 Å². The van der Waals surface area contributed by atoms with Gasteiger partial charge in [-0.05, 0) is 26.0 Å². The van der Waals surface area contributed by atoms with E-state index in [1.807, 2.05) is 0 Å². The van der Waals surface area contributed by atoms with Gasteiger partial charge < -0.3 is 10.1 Å². The van der Waals surface area contributed by atoms with Crippen LogP contribution < -0.4 is 5.32 Å². The largest absolute Gasteiger partial charge is 0.467 e. The van der Waals surface area contributed by atoms with E-state index in [0.717, 1.165) is 0 Å². The fourth-order valence-electron chi connectivity index (χ4n) is 1.33. The Kier molecular flexibility index (Phi) is 3.67. The van der Waals surface area contributed by atoms with Crippen LogP contribution in [-0.4, -0.2) is 23.5 Å². The third kappa shape index (κ3) is 3.17. The average Bonchev–Trinajstić information content (AvgIpc) is 2.28. The number of nitro benzene ring substituents is 1. The summed E-state index contributed by atoms with van der Waals surface area (Å²) in [5.41, 5.74) is -0.261. The van der Waals surface area contributed by atoms with Crippen LogP contribution in [-0.2, 0) is 9.53 Å². The number of anilines is 1. The van der Waals surface area contributed by atoms with Gasteiger partial charge in [0.05, 0.1) is 12.0 Å². The van der Waals surface area contributed by atoms with E-state index < -0.39 is 16.4 Å². The van der Waals surface area contributed by atoms with Crippen LogP contribution in [0.1, 0.15) is 13.8 Å². The number of esters is 1. The van der Waals surface area contributed by atoms with Crippen LogP contribution in [0.2, 0.25) is 0 Å². The topological polar surface area (TPSA) is 81.5 Å². The molecule has 0 bridgehead atoms. The highest BCUT2D eigenvalue weighted by molar-refractivity contribution is 5.83. The quantitative estimate of drug-likeness (QED) is 0.492. The maximum atomic E-state index is 11.4. The predicted molar refractivity (Wildman–Crippen MR) is 62.8 cm³/mol. The van der Waals surface area contributed by atoms with E-state index in [-0.39, 0.29) is 5.69 Å². The summed E-state index contributed by atoms with van der Waals surface area (Å²) in [7, 11) is 1.31. The van der Waals surface area contributed by atoms with Crippen molar-refractivity contribution < 1.29 is 14.5 Å². The van der Waals surface area contributed by atoms with Gasteiger partial charge in [0.2, 0.25) is 0 Å². The lowest BCUT2D eigenvalue weighted by atomic mass is 10.1. The molecular formula is C11H14N2O4. The lowest BCUT2D eigenvalue weighted by Gasteiger charge is -2.24. The number of nitro groups is 1. The first-order valence-corrected chi connectivity index (χ1v) is 4.98. The van der Waals surface area contributed by atoms with E-state index >= 15 is 0 Å².